The first-order chi connectivity index (χ1) is 10.5. The molecule has 1 aliphatic heterocycles. The normalized spacial score (nSPS) is 16.0. The molecule has 0 saturated heterocycles. The van der Waals surface area contributed by atoms with Gasteiger partial charge in [-0.3, -0.25) is 4.79 Å². The van der Waals surface area contributed by atoms with Crippen molar-refractivity contribution in [2.75, 3.05) is 5.75 Å². The Labute approximate surface area is 132 Å². The number of phenols is 1. The smallest absolute Gasteiger partial charge is 0.191 e. The van der Waals surface area contributed by atoms with Gasteiger partial charge in [0.2, 0.25) is 0 Å². The number of hydrogen-bond donors (Lipinski definition) is 1. The van der Waals surface area contributed by atoms with Crippen molar-refractivity contribution in [3.63, 3.8) is 0 Å². The van der Waals surface area contributed by atoms with E-state index in [2.05, 4.69) is 0 Å². The number of fused-ring (bicyclic) bond motifs is 1. The molecule has 1 aliphatic rings. The van der Waals surface area contributed by atoms with Crippen LogP contribution in [0, 0.1) is 19.7 Å². The van der Waals surface area contributed by atoms with E-state index in [0.717, 1.165) is 16.7 Å². The van der Waals surface area contributed by atoms with Crippen molar-refractivity contribution in [2.24, 2.45) is 0 Å². The van der Waals surface area contributed by atoms with E-state index in [-0.39, 0.29) is 17.3 Å². The van der Waals surface area contributed by atoms with Crippen LogP contribution in [0.1, 0.15) is 27.0 Å². The SMILES string of the molecule is Cc1cc(C=C2CSc3c(F)cccc3C2=O)cc(C)c1O. The quantitative estimate of drug-likeness (QED) is 0.786. The Bertz CT molecular complexity index is 786. The highest BCUT2D eigenvalue weighted by atomic mass is 32.2. The molecule has 4 heteroatoms. The minimum atomic E-state index is -0.341. The summed E-state index contributed by atoms with van der Waals surface area (Å²) in [7, 11) is 0. The van der Waals surface area contributed by atoms with E-state index >= 15 is 0 Å². The number of halogens is 1. The lowest BCUT2D eigenvalue weighted by atomic mass is 9.99. The molecule has 0 aliphatic carbocycles. The van der Waals surface area contributed by atoms with Gasteiger partial charge in [0.15, 0.2) is 5.78 Å². The van der Waals surface area contributed by atoms with E-state index in [9.17, 15) is 14.3 Å². The molecular formula is C18H15FO2S. The monoisotopic (exact) mass is 314 g/mol. The highest BCUT2D eigenvalue weighted by molar-refractivity contribution is 7.99. The minimum absolute atomic E-state index is 0.128. The number of hydrogen-bond acceptors (Lipinski definition) is 3. The van der Waals surface area contributed by atoms with E-state index in [1.165, 1.54) is 17.8 Å². The summed E-state index contributed by atoms with van der Waals surface area (Å²) in [6.07, 6.45) is 1.82. The van der Waals surface area contributed by atoms with Gasteiger partial charge in [0.1, 0.15) is 11.6 Å². The molecule has 0 saturated carbocycles. The third-order valence-corrected chi connectivity index (χ3v) is 4.89. The fourth-order valence-electron chi connectivity index (χ4n) is 2.60. The Balaban J connectivity index is 2.02. The van der Waals surface area contributed by atoms with Gasteiger partial charge in [0, 0.05) is 16.9 Å². The fourth-order valence-corrected chi connectivity index (χ4v) is 3.64. The van der Waals surface area contributed by atoms with Crippen LogP contribution in [0.2, 0.25) is 0 Å². The zero-order valence-electron chi connectivity index (χ0n) is 12.3. The lowest BCUT2D eigenvalue weighted by molar-refractivity contribution is 0.103. The second-order valence-electron chi connectivity index (χ2n) is 5.41. The summed E-state index contributed by atoms with van der Waals surface area (Å²) in [6, 6.07) is 8.28. The standard InChI is InChI=1S/C18H15FO2S/c1-10-6-12(7-11(2)16(10)20)8-13-9-22-18-14(17(13)21)4-3-5-15(18)19/h3-8,20H,9H2,1-2H3. The van der Waals surface area contributed by atoms with Crippen LogP contribution in [0.5, 0.6) is 5.75 Å². The lowest BCUT2D eigenvalue weighted by Crippen LogP contribution is -2.13. The Morgan fingerprint density at radius 1 is 1.23 bits per heavy atom. The Hall–Kier alpha value is -2.07. The van der Waals surface area contributed by atoms with Crippen LogP contribution < -0.4 is 0 Å². The van der Waals surface area contributed by atoms with Gasteiger partial charge in [-0.1, -0.05) is 6.07 Å². The summed E-state index contributed by atoms with van der Waals surface area (Å²) in [6.45, 7) is 3.65. The van der Waals surface area contributed by atoms with Crippen LogP contribution in [0.3, 0.4) is 0 Å². The van der Waals surface area contributed by atoms with Gasteiger partial charge in [0.25, 0.3) is 0 Å². The largest absolute Gasteiger partial charge is 0.507 e. The second kappa shape index (κ2) is 5.61. The third-order valence-electron chi connectivity index (χ3n) is 3.73. The van der Waals surface area contributed by atoms with Crippen LogP contribution in [-0.2, 0) is 0 Å². The molecule has 1 N–H and O–H groups in total. The third kappa shape index (κ3) is 2.55. The first kappa shape index (κ1) is 14.9. The molecule has 0 unspecified atom stereocenters. The van der Waals surface area contributed by atoms with Crippen molar-refractivity contribution in [1.82, 2.24) is 0 Å². The minimum Gasteiger partial charge on any atom is -0.507 e. The molecule has 0 fully saturated rings. The molecule has 0 spiro atoms. The van der Waals surface area contributed by atoms with Crippen LogP contribution in [0.25, 0.3) is 6.08 Å². The number of carbonyl (C=O) groups excluding carboxylic acids is 1. The summed E-state index contributed by atoms with van der Waals surface area (Å²) < 4.78 is 13.7. The molecular weight excluding hydrogens is 299 g/mol. The summed E-state index contributed by atoms with van der Waals surface area (Å²) in [5, 5.41) is 9.82. The first-order valence-electron chi connectivity index (χ1n) is 6.94. The number of benzene rings is 2. The number of phenolic OH excluding ortho intramolecular Hbond substituents is 1. The maximum absolute atomic E-state index is 13.7. The Kier molecular flexibility index (Phi) is 3.79. The fraction of sp³-hybridized carbons (Fsp3) is 0.167. The second-order valence-corrected chi connectivity index (χ2v) is 6.39. The van der Waals surface area contributed by atoms with Gasteiger partial charge in [-0.25, -0.2) is 4.39 Å². The summed E-state index contributed by atoms with van der Waals surface area (Å²) in [4.78, 5) is 12.9. The molecule has 2 aromatic carbocycles. The predicted octanol–water partition coefficient (Wildman–Crippen LogP) is 4.52. The maximum atomic E-state index is 13.7. The van der Waals surface area contributed by atoms with E-state index in [1.807, 2.05) is 32.1 Å². The molecule has 3 rings (SSSR count). The molecule has 0 aromatic heterocycles. The number of thioether (sulfide) groups is 1. The van der Waals surface area contributed by atoms with Crippen molar-refractivity contribution in [2.45, 2.75) is 18.7 Å². The molecule has 0 amide bonds. The zero-order chi connectivity index (χ0) is 15.9. The molecule has 2 nitrogen and oxygen atoms in total. The zero-order valence-corrected chi connectivity index (χ0v) is 13.1. The first-order valence-corrected chi connectivity index (χ1v) is 7.92. The van der Waals surface area contributed by atoms with Gasteiger partial charge < -0.3 is 5.11 Å². The highest BCUT2D eigenvalue weighted by Crippen LogP contribution is 2.35. The van der Waals surface area contributed by atoms with Gasteiger partial charge in [0.05, 0.1) is 4.90 Å². The summed E-state index contributed by atoms with van der Waals surface area (Å²) in [5.74, 6) is 0.257. The van der Waals surface area contributed by atoms with Crippen molar-refractivity contribution in [3.8, 4) is 5.75 Å². The Morgan fingerprint density at radius 3 is 2.59 bits per heavy atom. The average Bonchev–Trinajstić information content (AvgIpc) is 2.48. The van der Waals surface area contributed by atoms with Crippen molar-refractivity contribution in [1.29, 1.82) is 0 Å². The van der Waals surface area contributed by atoms with Crippen molar-refractivity contribution < 1.29 is 14.3 Å². The van der Waals surface area contributed by atoms with Crippen LogP contribution >= 0.6 is 11.8 Å². The molecule has 112 valence electrons. The average molecular weight is 314 g/mol. The van der Waals surface area contributed by atoms with Crippen LogP contribution in [0.4, 0.5) is 4.39 Å². The number of Topliss-reactive ketones (excluding diaryl/α,β-unsaturated/α-hetero) is 1. The van der Waals surface area contributed by atoms with Gasteiger partial charge in [-0.05, 0) is 60.9 Å². The van der Waals surface area contributed by atoms with Gasteiger partial charge in [-0.2, -0.15) is 0 Å². The maximum Gasteiger partial charge on any atom is 0.191 e. The number of carbonyl (C=O) groups is 1. The summed E-state index contributed by atoms with van der Waals surface area (Å²) in [5.41, 5.74) is 3.49. The number of rotatable bonds is 1. The molecule has 0 bridgehead atoms. The number of ketones is 1. The van der Waals surface area contributed by atoms with E-state index < -0.39 is 0 Å². The van der Waals surface area contributed by atoms with Crippen molar-refractivity contribution >= 4 is 23.6 Å². The van der Waals surface area contributed by atoms with Crippen LogP contribution in [0.15, 0.2) is 40.8 Å². The molecule has 0 atom stereocenters. The van der Waals surface area contributed by atoms with Crippen molar-refractivity contribution in [3.05, 3.63) is 64.0 Å². The molecule has 1 heterocycles. The predicted molar refractivity (Wildman–Crippen MR) is 87.0 cm³/mol. The number of aromatic hydroxyl groups is 1. The molecule has 0 radical (unpaired) electrons. The van der Waals surface area contributed by atoms with Crippen LogP contribution in [-0.4, -0.2) is 16.6 Å². The van der Waals surface area contributed by atoms with Gasteiger partial charge in [-0.15, -0.1) is 11.8 Å². The summed E-state index contributed by atoms with van der Waals surface area (Å²) >= 11 is 1.34. The van der Waals surface area contributed by atoms with E-state index in [4.69, 9.17) is 0 Å². The molecule has 22 heavy (non-hydrogen) atoms. The van der Waals surface area contributed by atoms with Gasteiger partial charge >= 0.3 is 0 Å². The molecule has 2 aromatic rings. The van der Waals surface area contributed by atoms with E-state index in [0.29, 0.717) is 21.8 Å². The van der Waals surface area contributed by atoms with E-state index in [1.54, 1.807) is 12.1 Å². The number of aryl methyl sites for hydroxylation is 2. The Morgan fingerprint density at radius 2 is 1.91 bits per heavy atom. The highest BCUT2D eigenvalue weighted by Gasteiger charge is 2.24. The lowest BCUT2D eigenvalue weighted by Gasteiger charge is -2.17. The topological polar surface area (TPSA) is 37.3 Å².